The van der Waals surface area contributed by atoms with Gasteiger partial charge in [-0.3, -0.25) is 4.79 Å². The number of hydrogen-bond acceptors (Lipinski definition) is 3. The van der Waals surface area contributed by atoms with Gasteiger partial charge in [-0.25, -0.2) is 4.79 Å². The number of hydrogen-bond donors (Lipinski definition) is 2. The Morgan fingerprint density at radius 2 is 2.20 bits per heavy atom. The predicted octanol–water partition coefficient (Wildman–Crippen LogP) is 1.32. The van der Waals surface area contributed by atoms with Gasteiger partial charge in [-0.2, -0.15) is 0 Å². The predicted molar refractivity (Wildman–Crippen MR) is 75.5 cm³/mol. The van der Waals surface area contributed by atoms with Crippen LogP contribution in [0.2, 0.25) is 0 Å². The van der Waals surface area contributed by atoms with E-state index in [1.54, 1.807) is 16.8 Å². The average molecular weight is 345 g/mol. The summed E-state index contributed by atoms with van der Waals surface area (Å²) in [7, 11) is 0. The molecule has 7 heteroatoms. The summed E-state index contributed by atoms with van der Waals surface area (Å²) in [5, 5.41) is 18.8. The Balaban J connectivity index is 2.28. The highest BCUT2D eigenvalue weighted by atomic mass is 79.9. The number of carboxylic acid groups (broad SMARTS) is 1. The molecule has 1 amide bonds. The summed E-state index contributed by atoms with van der Waals surface area (Å²) in [5.41, 5.74) is 0.444. The van der Waals surface area contributed by atoms with Gasteiger partial charge in [-0.15, -0.1) is 0 Å². The lowest BCUT2D eigenvalue weighted by molar-refractivity contribution is -0.141. The zero-order valence-electron chi connectivity index (χ0n) is 11.1. The van der Waals surface area contributed by atoms with E-state index in [1.807, 2.05) is 6.92 Å². The quantitative estimate of drug-likeness (QED) is 0.862. The summed E-state index contributed by atoms with van der Waals surface area (Å²) in [6.45, 7) is 2.74. The zero-order valence-corrected chi connectivity index (χ0v) is 12.7. The van der Waals surface area contributed by atoms with Gasteiger partial charge < -0.3 is 19.7 Å². The number of rotatable bonds is 4. The molecule has 2 rings (SSSR count). The molecule has 2 atom stereocenters. The average Bonchev–Trinajstić information content (AvgIpc) is 2.92. The Bertz CT molecular complexity index is 528. The normalized spacial score (nSPS) is 22.2. The van der Waals surface area contributed by atoms with E-state index in [1.165, 1.54) is 4.90 Å². The van der Waals surface area contributed by atoms with Gasteiger partial charge >= 0.3 is 5.97 Å². The van der Waals surface area contributed by atoms with Crippen molar-refractivity contribution in [1.82, 2.24) is 9.47 Å². The summed E-state index contributed by atoms with van der Waals surface area (Å²) < 4.78 is 2.58. The number of β-amino-alcohol motifs (C(OH)–C–C–N with tert-alkyl or cyclic N) is 1. The Labute approximate surface area is 125 Å². The van der Waals surface area contributed by atoms with Crippen LogP contribution in [0.5, 0.6) is 0 Å². The lowest BCUT2D eigenvalue weighted by Gasteiger charge is -2.21. The maximum atomic E-state index is 12.5. The molecule has 20 heavy (non-hydrogen) atoms. The number of carbonyl (C=O) groups excluding carboxylic acids is 1. The lowest BCUT2D eigenvalue weighted by atomic mass is 10.2. The molecule has 0 aromatic carbocycles. The second-order valence-electron chi connectivity index (χ2n) is 4.94. The molecule has 2 heterocycles. The lowest BCUT2D eigenvalue weighted by Crippen LogP contribution is -2.41. The largest absolute Gasteiger partial charge is 0.480 e. The molecule has 1 aromatic heterocycles. The van der Waals surface area contributed by atoms with Crippen LogP contribution < -0.4 is 0 Å². The van der Waals surface area contributed by atoms with Crippen molar-refractivity contribution in [2.24, 2.45) is 0 Å². The third-order valence-electron chi connectivity index (χ3n) is 3.37. The number of aliphatic carboxylic acids is 1. The maximum Gasteiger partial charge on any atom is 0.326 e. The van der Waals surface area contributed by atoms with E-state index in [9.17, 15) is 14.7 Å². The van der Waals surface area contributed by atoms with Gasteiger partial charge in [0.1, 0.15) is 11.7 Å². The molecule has 2 N–H and O–H groups in total. The molecule has 1 fully saturated rings. The van der Waals surface area contributed by atoms with Crippen molar-refractivity contribution in [2.75, 3.05) is 6.54 Å². The standard InChI is InChI=1S/C13H17BrN2O4/c1-2-3-15-6-8(14)4-10(15)12(18)16-7-9(17)5-11(16)13(19)20/h4,6,9,11,17H,2-3,5,7H2,1H3,(H,19,20)/t9-,11-/m0/s1. The first-order valence-corrected chi connectivity index (χ1v) is 7.30. The molecule has 0 spiro atoms. The van der Waals surface area contributed by atoms with Crippen LogP contribution >= 0.6 is 15.9 Å². The van der Waals surface area contributed by atoms with E-state index in [2.05, 4.69) is 15.9 Å². The first-order valence-electron chi connectivity index (χ1n) is 6.51. The molecular formula is C13H17BrN2O4. The smallest absolute Gasteiger partial charge is 0.326 e. The van der Waals surface area contributed by atoms with Gasteiger partial charge in [0.2, 0.25) is 0 Å². The van der Waals surface area contributed by atoms with Crippen LogP contribution in [0.3, 0.4) is 0 Å². The highest BCUT2D eigenvalue weighted by molar-refractivity contribution is 9.10. The van der Waals surface area contributed by atoms with E-state index >= 15 is 0 Å². The van der Waals surface area contributed by atoms with Gasteiger partial charge in [0.25, 0.3) is 5.91 Å². The SMILES string of the molecule is CCCn1cc(Br)cc1C(=O)N1C[C@@H](O)C[C@H]1C(=O)O. The van der Waals surface area contributed by atoms with Gasteiger partial charge in [0.15, 0.2) is 0 Å². The third kappa shape index (κ3) is 2.88. The number of likely N-dealkylation sites (tertiary alicyclic amines) is 1. The van der Waals surface area contributed by atoms with Crippen LogP contribution in [-0.2, 0) is 11.3 Å². The Hall–Kier alpha value is -1.34. The third-order valence-corrected chi connectivity index (χ3v) is 3.81. The minimum Gasteiger partial charge on any atom is -0.480 e. The molecule has 0 bridgehead atoms. The number of aryl methyl sites for hydroxylation is 1. The van der Waals surface area contributed by atoms with Crippen molar-refractivity contribution < 1.29 is 19.8 Å². The first-order chi connectivity index (χ1) is 9.43. The van der Waals surface area contributed by atoms with Gasteiger partial charge in [-0.05, 0) is 28.4 Å². The number of aliphatic hydroxyl groups excluding tert-OH is 1. The van der Waals surface area contributed by atoms with E-state index in [0.717, 1.165) is 10.9 Å². The van der Waals surface area contributed by atoms with Crippen LogP contribution in [0, 0.1) is 0 Å². The molecule has 1 aromatic rings. The number of aliphatic hydroxyl groups is 1. The first kappa shape index (κ1) is 15.1. The topological polar surface area (TPSA) is 82.8 Å². The zero-order chi connectivity index (χ0) is 14.9. The van der Waals surface area contributed by atoms with Crippen LogP contribution in [0.4, 0.5) is 0 Å². The van der Waals surface area contributed by atoms with Crippen LogP contribution in [0.1, 0.15) is 30.3 Å². The fraction of sp³-hybridized carbons (Fsp3) is 0.538. The van der Waals surface area contributed by atoms with E-state index in [-0.39, 0.29) is 18.9 Å². The van der Waals surface area contributed by atoms with E-state index < -0.39 is 18.1 Å². The van der Waals surface area contributed by atoms with Crippen molar-refractivity contribution in [1.29, 1.82) is 0 Å². The molecule has 0 aliphatic carbocycles. The molecule has 0 saturated carbocycles. The number of nitrogens with zero attached hydrogens (tertiary/aromatic N) is 2. The van der Waals surface area contributed by atoms with Crippen molar-refractivity contribution in [3.63, 3.8) is 0 Å². The Morgan fingerprint density at radius 3 is 2.80 bits per heavy atom. The van der Waals surface area contributed by atoms with Gasteiger partial charge in [0, 0.05) is 30.2 Å². The number of carbonyl (C=O) groups is 2. The number of carboxylic acids is 1. The molecule has 0 radical (unpaired) electrons. The highest BCUT2D eigenvalue weighted by Crippen LogP contribution is 2.23. The van der Waals surface area contributed by atoms with Crippen LogP contribution in [-0.4, -0.2) is 50.2 Å². The summed E-state index contributed by atoms with van der Waals surface area (Å²) >= 11 is 3.33. The second-order valence-corrected chi connectivity index (χ2v) is 5.85. The summed E-state index contributed by atoms with van der Waals surface area (Å²) in [6.07, 6.45) is 1.97. The van der Waals surface area contributed by atoms with E-state index in [0.29, 0.717) is 12.2 Å². The molecule has 1 saturated heterocycles. The van der Waals surface area contributed by atoms with Crippen molar-refractivity contribution in [2.45, 2.75) is 38.5 Å². The molecule has 6 nitrogen and oxygen atoms in total. The highest BCUT2D eigenvalue weighted by Gasteiger charge is 2.40. The minimum absolute atomic E-state index is 0.0602. The maximum absolute atomic E-state index is 12.5. The summed E-state index contributed by atoms with van der Waals surface area (Å²) in [6, 6.07) is 0.725. The number of halogens is 1. The van der Waals surface area contributed by atoms with Crippen molar-refractivity contribution in [3.05, 3.63) is 22.4 Å². The van der Waals surface area contributed by atoms with Crippen molar-refractivity contribution >= 4 is 27.8 Å². The van der Waals surface area contributed by atoms with Gasteiger partial charge in [-0.1, -0.05) is 6.92 Å². The fourth-order valence-corrected chi connectivity index (χ4v) is 2.96. The fourth-order valence-electron chi connectivity index (χ4n) is 2.50. The minimum atomic E-state index is -1.08. The Kier molecular flexibility index (Phi) is 4.49. The number of amides is 1. The molecule has 1 aliphatic rings. The summed E-state index contributed by atoms with van der Waals surface area (Å²) in [5.74, 6) is -1.43. The Morgan fingerprint density at radius 1 is 1.50 bits per heavy atom. The second kappa shape index (κ2) is 5.97. The molecular weight excluding hydrogens is 328 g/mol. The molecule has 1 aliphatic heterocycles. The van der Waals surface area contributed by atoms with Crippen LogP contribution in [0.15, 0.2) is 16.7 Å². The van der Waals surface area contributed by atoms with Gasteiger partial charge in [0.05, 0.1) is 6.10 Å². The molecule has 0 unspecified atom stereocenters. The monoisotopic (exact) mass is 344 g/mol. The molecule has 110 valence electrons. The van der Waals surface area contributed by atoms with Crippen molar-refractivity contribution in [3.8, 4) is 0 Å². The summed E-state index contributed by atoms with van der Waals surface area (Å²) in [4.78, 5) is 25.0. The van der Waals surface area contributed by atoms with E-state index in [4.69, 9.17) is 5.11 Å². The van der Waals surface area contributed by atoms with Crippen LogP contribution in [0.25, 0.3) is 0 Å². The number of aromatic nitrogens is 1.